The summed E-state index contributed by atoms with van der Waals surface area (Å²) in [5.41, 5.74) is 1.85. The van der Waals surface area contributed by atoms with Crippen LogP contribution in [0.5, 0.6) is 0 Å². The Morgan fingerprint density at radius 1 is 1.47 bits per heavy atom. The molecule has 0 aliphatic heterocycles. The fourth-order valence-corrected chi connectivity index (χ4v) is 1.56. The topological polar surface area (TPSA) is 58.4 Å². The van der Waals surface area contributed by atoms with Crippen molar-refractivity contribution in [2.45, 2.75) is 33.7 Å². The number of rotatable bonds is 6. The summed E-state index contributed by atoms with van der Waals surface area (Å²) >= 11 is 0. The Kier molecular flexibility index (Phi) is 5.15. The van der Waals surface area contributed by atoms with Gasteiger partial charge in [-0.15, -0.1) is 0 Å². The highest BCUT2D eigenvalue weighted by Gasteiger charge is 2.14. The van der Waals surface area contributed by atoms with E-state index in [-0.39, 0.29) is 5.91 Å². The lowest BCUT2D eigenvalue weighted by atomic mass is 10.2. The second kappa shape index (κ2) is 6.39. The van der Waals surface area contributed by atoms with Gasteiger partial charge < -0.3 is 14.7 Å². The first-order chi connectivity index (χ1) is 8.06. The maximum Gasteiger partial charge on any atom is 0.236 e. The maximum atomic E-state index is 11.8. The molecular weight excluding hydrogens is 218 g/mol. The summed E-state index contributed by atoms with van der Waals surface area (Å²) in [5, 5.41) is 6.97. The Morgan fingerprint density at radius 3 is 2.71 bits per heavy atom. The summed E-state index contributed by atoms with van der Waals surface area (Å²) in [4.78, 5) is 13.5. The summed E-state index contributed by atoms with van der Waals surface area (Å²) in [5.74, 6) is 0.863. The molecule has 0 saturated carbocycles. The molecule has 0 bridgehead atoms. The van der Waals surface area contributed by atoms with Crippen molar-refractivity contribution in [2.75, 3.05) is 20.1 Å². The number of amides is 1. The molecule has 96 valence electrons. The van der Waals surface area contributed by atoms with Gasteiger partial charge >= 0.3 is 0 Å². The van der Waals surface area contributed by atoms with Crippen molar-refractivity contribution in [1.82, 2.24) is 15.4 Å². The molecule has 1 heterocycles. The van der Waals surface area contributed by atoms with Crippen molar-refractivity contribution in [1.29, 1.82) is 0 Å². The molecule has 1 amide bonds. The smallest absolute Gasteiger partial charge is 0.236 e. The van der Waals surface area contributed by atoms with Gasteiger partial charge in [0.15, 0.2) is 0 Å². The lowest BCUT2D eigenvalue weighted by molar-refractivity contribution is -0.129. The third-order valence-corrected chi connectivity index (χ3v) is 2.71. The first-order valence-corrected chi connectivity index (χ1v) is 5.92. The molecule has 0 radical (unpaired) electrons. The number of carbonyl (C=O) groups excluding carboxylic acids is 1. The maximum absolute atomic E-state index is 11.8. The quantitative estimate of drug-likeness (QED) is 0.759. The van der Waals surface area contributed by atoms with Crippen LogP contribution >= 0.6 is 0 Å². The molecule has 0 aliphatic rings. The van der Waals surface area contributed by atoms with E-state index < -0.39 is 0 Å². The number of carbonyl (C=O) groups is 1. The lowest BCUT2D eigenvalue weighted by Crippen LogP contribution is -2.35. The van der Waals surface area contributed by atoms with Gasteiger partial charge in [0.2, 0.25) is 5.91 Å². The normalized spacial score (nSPS) is 10.6. The van der Waals surface area contributed by atoms with Crippen LogP contribution in [0, 0.1) is 13.8 Å². The van der Waals surface area contributed by atoms with Gasteiger partial charge in [0.25, 0.3) is 0 Å². The molecule has 1 aromatic rings. The van der Waals surface area contributed by atoms with Crippen molar-refractivity contribution in [3.63, 3.8) is 0 Å². The van der Waals surface area contributed by atoms with Gasteiger partial charge in [0, 0.05) is 12.6 Å². The Morgan fingerprint density at radius 2 is 2.18 bits per heavy atom. The molecule has 1 rings (SSSR count). The monoisotopic (exact) mass is 239 g/mol. The van der Waals surface area contributed by atoms with Crippen LogP contribution in [0.25, 0.3) is 0 Å². The van der Waals surface area contributed by atoms with Crippen molar-refractivity contribution >= 4 is 5.91 Å². The van der Waals surface area contributed by atoms with Crippen LogP contribution in [-0.2, 0) is 11.3 Å². The number of hydrogen-bond donors (Lipinski definition) is 1. The van der Waals surface area contributed by atoms with Gasteiger partial charge in [0.05, 0.1) is 18.8 Å². The SMILES string of the molecule is CCCNCC(=O)N(C)Cc1c(C)noc1C. The Bertz CT molecular complexity index is 354. The molecule has 1 aromatic heterocycles. The molecule has 0 aromatic carbocycles. The zero-order valence-electron chi connectivity index (χ0n) is 11.0. The van der Waals surface area contributed by atoms with E-state index in [0.29, 0.717) is 13.1 Å². The van der Waals surface area contributed by atoms with Gasteiger partial charge in [-0.25, -0.2) is 0 Å². The van der Waals surface area contributed by atoms with Crippen LogP contribution in [0.1, 0.15) is 30.4 Å². The van der Waals surface area contributed by atoms with Gasteiger partial charge in [-0.2, -0.15) is 0 Å². The van der Waals surface area contributed by atoms with E-state index in [1.165, 1.54) is 0 Å². The molecule has 5 heteroatoms. The van der Waals surface area contributed by atoms with E-state index in [2.05, 4.69) is 17.4 Å². The first kappa shape index (κ1) is 13.7. The molecule has 0 spiro atoms. The predicted octanol–water partition coefficient (Wildman–Crippen LogP) is 1.25. The highest BCUT2D eigenvalue weighted by Crippen LogP contribution is 2.13. The third-order valence-electron chi connectivity index (χ3n) is 2.71. The average Bonchev–Trinajstić information content (AvgIpc) is 2.61. The highest BCUT2D eigenvalue weighted by molar-refractivity contribution is 5.78. The number of aryl methyl sites for hydroxylation is 2. The molecule has 0 unspecified atom stereocenters. The lowest BCUT2D eigenvalue weighted by Gasteiger charge is -2.17. The van der Waals surface area contributed by atoms with Crippen LogP contribution in [0.15, 0.2) is 4.52 Å². The van der Waals surface area contributed by atoms with Gasteiger partial charge in [-0.05, 0) is 26.8 Å². The second-order valence-corrected chi connectivity index (χ2v) is 4.23. The molecule has 17 heavy (non-hydrogen) atoms. The van der Waals surface area contributed by atoms with E-state index >= 15 is 0 Å². The van der Waals surface area contributed by atoms with Gasteiger partial charge in [-0.3, -0.25) is 4.79 Å². The molecule has 0 fully saturated rings. The number of aromatic nitrogens is 1. The van der Waals surface area contributed by atoms with Crippen LogP contribution in [-0.4, -0.2) is 36.1 Å². The van der Waals surface area contributed by atoms with E-state index in [9.17, 15) is 4.79 Å². The minimum Gasteiger partial charge on any atom is -0.361 e. The van der Waals surface area contributed by atoms with Crippen molar-refractivity contribution in [3.05, 3.63) is 17.0 Å². The molecule has 1 N–H and O–H groups in total. The largest absolute Gasteiger partial charge is 0.361 e. The summed E-state index contributed by atoms with van der Waals surface area (Å²) in [6.45, 7) is 7.62. The highest BCUT2D eigenvalue weighted by atomic mass is 16.5. The minimum atomic E-state index is 0.0819. The van der Waals surface area contributed by atoms with E-state index in [4.69, 9.17) is 4.52 Å². The van der Waals surface area contributed by atoms with Gasteiger partial charge in [-0.1, -0.05) is 12.1 Å². The fraction of sp³-hybridized carbons (Fsp3) is 0.667. The molecule has 0 aliphatic carbocycles. The zero-order valence-corrected chi connectivity index (χ0v) is 11.0. The minimum absolute atomic E-state index is 0.0819. The fourth-order valence-electron chi connectivity index (χ4n) is 1.56. The Balaban J connectivity index is 2.48. The van der Waals surface area contributed by atoms with Gasteiger partial charge in [0.1, 0.15) is 5.76 Å². The predicted molar refractivity (Wildman–Crippen MR) is 65.6 cm³/mol. The molecule has 0 saturated heterocycles. The first-order valence-electron chi connectivity index (χ1n) is 5.92. The van der Waals surface area contributed by atoms with E-state index in [1.54, 1.807) is 11.9 Å². The number of likely N-dealkylation sites (N-methyl/N-ethyl adjacent to an activating group) is 1. The van der Waals surface area contributed by atoms with Crippen LogP contribution < -0.4 is 5.32 Å². The van der Waals surface area contributed by atoms with Crippen molar-refractivity contribution < 1.29 is 9.32 Å². The summed E-state index contributed by atoms with van der Waals surface area (Å²) in [6, 6.07) is 0. The van der Waals surface area contributed by atoms with E-state index in [1.807, 2.05) is 13.8 Å². The zero-order chi connectivity index (χ0) is 12.8. The number of hydrogen-bond acceptors (Lipinski definition) is 4. The Hall–Kier alpha value is -1.36. The van der Waals surface area contributed by atoms with Crippen molar-refractivity contribution in [3.8, 4) is 0 Å². The van der Waals surface area contributed by atoms with Crippen LogP contribution in [0.3, 0.4) is 0 Å². The van der Waals surface area contributed by atoms with Crippen molar-refractivity contribution in [2.24, 2.45) is 0 Å². The molecule has 0 atom stereocenters. The summed E-state index contributed by atoms with van der Waals surface area (Å²) in [7, 11) is 1.79. The van der Waals surface area contributed by atoms with Crippen LogP contribution in [0.4, 0.5) is 0 Å². The molecular formula is C12H21N3O2. The summed E-state index contributed by atoms with van der Waals surface area (Å²) < 4.78 is 5.07. The third kappa shape index (κ3) is 3.85. The molecule has 5 nitrogen and oxygen atoms in total. The Labute approximate surface area is 102 Å². The second-order valence-electron chi connectivity index (χ2n) is 4.23. The van der Waals surface area contributed by atoms with Crippen LogP contribution in [0.2, 0.25) is 0 Å². The standard InChI is InChI=1S/C12H21N3O2/c1-5-6-13-7-12(16)15(4)8-11-9(2)14-17-10(11)3/h13H,5-8H2,1-4H3. The number of nitrogens with one attached hydrogen (secondary N) is 1. The summed E-state index contributed by atoms with van der Waals surface area (Å²) in [6.07, 6.45) is 1.03. The number of nitrogens with zero attached hydrogens (tertiary/aromatic N) is 2. The average molecular weight is 239 g/mol. The van der Waals surface area contributed by atoms with E-state index in [0.717, 1.165) is 30.0 Å².